The highest BCUT2D eigenvalue weighted by molar-refractivity contribution is 5.94. The van der Waals surface area contributed by atoms with Crippen molar-refractivity contribution in [1.82, 2.24) is 10.3 Å². The van der Waals surface area contributed by atoms with Gasteiger partial charge >= 0.3 is 0 Å². The molecule has 0 aliphatic carbocycles. The van der Waals surface area contributed by atoms with Gasteiger partial charge < -0.3 is 5.32 Å². The molecule has 0 spiro atoms. The Kier molecular flexibility index (Phi) is 5.17. The highest BCUT2D eigenvalue weighted by Crippen LogP contribution is 2.26. The molecule has 3 nitrogen and oxygen atoms in total. The Hall–Kier alpha value is -2.94. The van der Waals surface area contributed by atoms with Crippen LogP contribution >= 0.6 is 0 Å². The summed E-state index contributed by atoms with van der Waals surface area (Å²) in [4.78, 5) is 17.3. The Bertz CT molecular complexity index is 823. The van der Waals surface area contributed by atoms with E-state index >= 15 is 0 Å². The second-order valence-corrected chi connectivity index (χ2v) is 7.60. The van der Waals surface area contributed by atoms with E-state index in [-0.39, 0.29) is 11.3 Å². The number of nitrogens with one attached hydrogen (secondary N) is 1. The van der Waals surface area contributed by atoms with Crippen LogP contribution < -0.4 is 5.32 Å². The van der Waals surface area contributed by atoms with Crippen LogP contribution in [0.4, 0.5) is 0 Å². The first-order valence-electron chi connectivity index (χ1n) is 8.83. The normalized spacial score (nSPS) is 11.2. The minimum atomic E-state index is -0.144. The first-order valence-corrected chi connectivity index (χ1v) is 8.83. The Morgan fingerprint density at radius 3 is 2.00 bits per heavy atom. The lowest BCUT2D eigenvalue weighted by atomic mass is 9.97. The lowest BCUT2D eigenvalue weighted by Gasteiger charge is -2.19. The number of hydrogen-bond donors (Lipinski definition) is 1. The monoisotopic (exact) mass is 344 g/mol. The van der Waals surface area contributed by atoms with Gasteiger partial charge in [-0.25, -0.2) is 4.98 Å². The molecule has 2 aromatic carbocycles. The summed E-state index contributed by atoms with van der Waals surface area (Å²) in [7, 11) is 0. The van der Waals surface area contributed by atoms with Crippen LogP contribution in [0.3, 0.4) is 0 Å². The number of carbonyl (C=O) groups is 1. The fourth-order valence-corrected chi connectivity index (χ4v) is 2.64. The molecule has 3 rings (SSSR count). The number of benzene rings is 2. The molecule has 0 radical (unpaired) electrons. The van der Waals surface area contributed by atoms with Gasteiger partial charge in [-0.05, 0) is 28.7 Å². The minimum Gasteiger partial charge on any atom is -0.350 e. The van der Waals surface area contributed by atoms with Crippen molar-refractivity contribution >= 4 is 5.91 Å². The number of hydrogen-bond acceptors (Lipinski definition) is 2. The molecule has 0 fully saturated rings. The molecular weight excluding hydrogens is 320 g/mol. The third kappa shape index (κ3) is 4.57. The number of pyridine rings is 1. The third-order valence-electron chi connectivity index (χ3n) is 4.01. The second kappa shape index (κ2) is 7.52. The molecule has 1 heterocycles. The van der Waals surface area contributed by atoms with Crippen LogP contribution in [0.15, 0.2) is 72.8 Å². The molecule has 1 N–H and O–H groups in total. The highest BCUT2D eigenvalue weighted by Gasteiger charge is 2.16. The molecule has 3 aromatic rings. The van der Waals surface area contributed by atoms with Crippen molar-refractivity contribution in [3.63, 3.8) is 0 Å². The van der Waals surface area contributed by atoms with E-state index in [9.17, 15) is 4.79 Å². The molecule has 0 saturated carbocycles. The van der Waals surface area contributed by atoms with Crippen LogP contribution in [0.1, 0.15) is 31.3 Å². The molecule has 3 heteroatoms. The van der Waals surface area contributed by atoms with E-state index in [4.69, 9.17) is 0 Å². The van der Waals surface area contributed by atoms with Gasteiger partial charge in [0.2, 0.25) is 0 Å². The Labute approximate surface area is 155 Å². The van der Waals surface area contributed by atoms with Crippen LogP contribution in [-0.2, 0) is 0 Å². The van der Waals surface area contributed by atoms with Gasteiger partial charge in [0.1, 0.15) is 5.69 Å². The topological polar surface area (TPSA) is 42.0 Å². The van der Waals surface area contributed by atoms with Gasteiger partial charge in [-0.15, -0.1) is 0 Å². The van der Waals surface area contributed by atoms with Crippen LogP contribution in [0.25, 0.3) is 22.4 Å². The number of aromatic nitrogens is 1. The van der Waals surface area contributed by atoms with Crippen LogP contribution in [-0.4, -0.2) is 17.4 Å². The first-order chi connectivity index (χ1) is 12.4. The van der Waals surface area contributed by atoms with Crippen molar-refractivity contribution < 1.29 is 4.79 Å². The highest BCUT2D eigenvalue weighted by atomic mass is 16.1. The molecule has 0 aliphatic heterocycles. The maximum absolute atomic E-state index is 12.7. The van der Waals surface area contributed by atoms with Gasteiger partial charge in [-0.2, -0.15) is 0 Å². The summed E-state index contributed by atoms with van der Waals surface area (Å²) in [6, 6.07) is 23.9. The fraction of sp³-hybridized carbons (Fsp3) is 0.217. The molecule has 132 valence electrons. The van der Waals surface area contributed by atoms with Gasteiger partial charge in [0.25, 0.3) is 5.91 Å². The summed E-state index contributed by atoms with van der Waals surface area (Å²) in [5, 5.41) is 2.99. The van der Waals surface area contributed by atoms with Crippen molar-refractivity contribution in [2.45, 2.75) is 20.8 Å². The summed E-state index contributed by atoms with van der Waals surface area (Å²) in [5.74, 6) is -0.144. The van der Waals surface area contributed by atoms with E-state index in [1.54, 1.807) is 0 Å². The average Bonchev–Trinajstić information content (AvgIpc) is 2.66. The largest absolute Gasteiger partial charge is 0.350 e. The van der Waals surface area contributed by atoms with Crippen LogP contribution in [0, 0.1) is 5.41 Å². The van der Waals surface area contributed by atoms with Crippen molar-refractivity contribution in [3.8, 4) is 22.4 Å². The average molecular weight is 344 g/mol. The predicted octanol–water partition coefficient (Wildman–Crippen LogP) is 5.19. The molecule has 0 aliphatic rings. The predicted molar refractivity (Wildman–Crippen MR) is 107 cm³/mol. The zero-order chi connectivity index (χ0) is 18.6. The standard InChI is InChI=1S/C23H24N2O/c1-23(2,3)16-24-22(26)21-15-19(17-10-6-4-7-11-17)14-20(25-21)18-12-8-5-9-13-18/h4-15H,16H2,1-3H3,(H,24,26). The smallest absolute Gasteiger partial charge is 0.269 e. The third-order valence-corrected chi connectivity index (χ3v) is 4.01. The lowest BCUT2D eigenvalue weighted by Crippen LogP contribution is -2.32. The van der Waals surface area contributed by atoms with Gasteiger partial charge in [0, 0.05) is 12.1 Å². The van der Waals surface area contributed by atoms with Gasteiger partial charge in [0.05, 0.1) is 5.69 Å². The molecule has 0 atom stereocenters. The maximum Gasteiger partial charge on any atom is 0.269 e. The van der Waals surface area contributed by atoms with E-state index in [2.05, 4.69) is 31.1 Å². The maximum atomic E-state index is 12.7. The van der Waals surface area contributed by atoms with Crippen molar-refractivity contribution in [3.05, 3.63) is 78.5 Å². The zero-order valence-electron chi connectivity index (χ0n) is 15.5. The van der Waals surface area contributed by atoms with E-state index in [0.29, 0.717) is 12.2 Å². The van der Waals surface area contributed by atoms with Crippen LogP contribution in [0.5, 0.6) is 0 Å². The molecule has 0 unspecified atom stereocenters. The van der Waals surface area contributed by atoms with Gasteiger partial charge in [-0.3, -0.25) is 4.79 Å². The van der Waals surface area contributed by atoms with Crippen molar-refractivity contribution in [1.29, 1.82) is 0 Å². The molecular formula is C23H24N2O. The summed E-state index contributed by atoms with van der Waals surface area (Å²) >= 11 is 0. The molecule has 0 saturated heterocycles. The van der Waals surface area contributed by atoms with Crippen molar-refractivity contribution in [2.24, 2.45) is 5.41 Å². The van der Waals surface area contributed by atoms with Gasteiger partial charge in [0.15, 0.2) is 0 Å². The number of amides is 1. The number of nitrogens with zero attached hydrogens (tertiary/aromatic N) is 1. The molecule has 1 amide bonds. The van der Waals surface area contributed by atoms with E-state index in [1.165, 1.54) is 0 Å². The fourth-order valence-electron chi connectivity index (χ4n) is 2.64. The molecule has 1 aromatic heterocycles. The number of rotatable bonds is 4. The minimum absolute atomic E-state index is 0.0228. The molecule has 0 bridgehead atoms. The quantitative estimate of drug-likeness (QED) is 0.707. The Morgan fingerprint density at radius 2 is 1.42 bits per heavy atom. The molecule has 26 heavy (non-hydrogen) atoms. The summed E-state index contributed by atoms with van der Waals surface area (Å²) in [5.41, 5.74) is 4.31. The lowest BCUT2D eigenvalue weighted by molar-refractivity contribution is 0.0934. The summed E-state index contributed by atoms with van der Waals surface area (Å²) in [6.45, 7) is 6.88. The Balaban J connectivity index is 2.02. The van der Waals surface area contributed by atoms with E-state index in [0.717, 1.165) is 22.4 Å². The van der Waals surface area contributed by atoms with Gasteiger partial charge in [-0.1, -0.05) is 81.4 Å². The van der Waals surface area contributed by atoms with Crippen molar-refractivity contribution in [2.75, 3.05) is 6.54 Å². The number of carbonyl (C=O) groups excluding carboxylic acids is 1. The summed E-state index contributed by atoms with van der Waals surface area (Å²) in [6.07, 6.45) is 0. The first kappa shape index (κ1) is 17.9. The Morgan fingerprint density at radius 1 is 0.846 bits per heavy atom. The van der Waals surface area contributed by atoms with Crippen LogP contribution in [0.2, 0.25) is 0 Å². The van der Waals surface area contributed by atoms with E-state index < -0.39 is 0 Å². The SMILES string of the molecule is CC(C)(C)CNC(=O)c1cc(-c2ccccc2)cc(-c2ccccc2)n1. The summed E-state index contributed by atoms with van der Waals surface area (Å²) < 4.78 is 0. The zero-order valence-corrected chi connectivity index (χ0v) is 15.5. The van der Waals surface area contributed by atoms with E-state index in [1.807, 2.05) is 72.8 Å². The second-order valence-electron chi connectivity index (χ2n) is 7.60.